The number of rotatable bonds is 8. The van der Waals surface area contributed by atoms with Gasteiger partial charge in [-0.05, 0) is 37.6 Å². The zero-order valence-corrected chi connectivity index (χ0v) is 12.4. The molecule has 0 aliphatic heterocycles. The topological polar surface area (TPSA) is 83.9 Å². The molecule has 6 nitrogen and oxygen atoms in total. The maximum atomic E-state index is 11.9. The van der Waals surface area contributed by atoms with E-state index < -0.39 is 22.5 Å². The van der Waals surface area contributed by atoms with Crippen LogP contribution in [0.2, 0.25) is 0 Å². The molecule has 1 aromatic rings. The molecule has 0 aromatic heterocycles. The highest BCUT2D eigenvalue weighted by Gasteiger charge is 2.23. The average molecular weight is 301 g/mol. The second-order valence-electron chi connectivity index (χ2n) is 4.14. The molecule has 1 N–H and O–H groups in total. The Morgan fingerprint density at radius 3 is 2.30 bits per heavy atom. The van der Waals surface area contributed by atoms with Crippen molar-refractivity contribution in [1.29, 1.82) is 0 Å². The third kappa shape index (κ3) is 4.41. The van der Waals surface area contributed by atoms with Gasteiger partial charge in [-0.2, -0.15) is 0 Å². The lowest BCUT2D eigenvalue weighted by atomic mass is 10.3. The number of hydrogen-bond donors (Lipinski definition) is 1. The number of ether oxygens (including phenoxy) is 1. The molecule has 112 valence electrons. The molecule has 0 radical (unpaired) electrons. The smallest absolute Gasteiger partial charge is 0.324 e. The van der Waals surface area contributed by atoms with Gasteiger partial charge in [-0.15, -0.1) is 0 Å². The lowest BCUT2D eigenvalue weighted by Gasteiger charge is -2.22. The van der Waals surface area contributed by atoms with Gasteiger partial charge in [0.2, 0.25) is 10.0 Å². The Morgan fingerprint density at radius 2 is 1.85 bits per heavy atom. The number of carboxylic acid groups (broad SMARTS) is 1. The zero-order chi connectivity index (χ0) is 15.2. The van der Waals surface area contributed by atoms with Crippen molar-refractivity contribution in [3.63, 3.8) is 0 Å². The predicted molar refractivity (Wildman–Crippen MR) is 76.7 cm³/mol. The normalized spacial score (nSPS) is 11.1. The van der Waals surface area contributed by atoms with Crippen LogP contribution < -0.4 is 9.04 Å². The number of benzene rings is 1. The molecule has 0 amide bonds. The molecule has 1 rings (SSSR count). The van der Waals surface area contributed by atoms with E-state index in [-0.39, 0.29) is 5.75 Å². The maximum absolute atomic E-state index is 11.9. The molecular weight excluding hydrogens is 282 g/mol. The SMILES string of the molecule is CCCOc1ccc(N(CC(=O)O)S(=O)(=O)CC)cc1. The minimum atomic E-state index is -3.63. The Hall–Kier alpha value is -1.76. The van der Waals surface area contributed by atoms with E-state index in [4.69, 9.17) is 9.84 Å². The number of sulfonamides is 1. The molecule has 0 spiro atoms. The number of aliphatic carboxylic acids is 1. The second-order valence-corrected chi connectivity index (χ2v) is 6.33. The summed E-state index contributed by atoms with van der Waals surface area (Å²) in [4.78, 5) is 10.8. The van der Waals surface area contributed by atoms with Crippen LogP contribution in [0.15, 0.2) is 24.3 Å². The first-order valence-electron chi connectivity index (χ1n) is 6.35. The number of carbonyl (C=O) groups is 1. The van der Waals surface area contributed by atoms with Crippen LogP contribution in [-0.4, -0.2) is 38.4 Å². The van der Waals surface area contributed by atoms with Crippen molar-refractivity contribution in [2.24, 2.45) is 0 Å². The molecule has 0 aliphatic carbocycles. The Labute approximate surface area is 119 Å². The molecule has 0 fully saturated rings. The van der Waals surface area contributed by atoms with Crippen molar-refractivity contribution in [1.82, 2.24) is 0 Å². The van der Waals surface area contributed by atoms with E-state index in [0.29, 0.717) is 18.0 Å². The van der Waals surface area contributed by atoms with E-state index in [1.807, 2.05) is 6.92 Å². The largest absolute Gasteiger partial charge is 0.494 e. The molecule has 0 saturated carbocycles. The standard InChI is InChI=1S/C13H19NO5S/c1-3-9-19-12-7-5-11(6-8-12)14(10-13(15)16)20(17,18)4-2/h5-8H,3-4,9-10H2,1-2H3,(H,15,16). The van der Waals surface area contributed by atoms with Crippen LogP contribution in [0.1, 0.15) is 20.3 Å². The van der Waals surface area contributed by atoms with Crippen molar-refractivity contribution in [3.8, 4) is 5.75 Å². The van der Waals surface area contributed by atoms with Crippen molar-refractivity contribution >= 4 is 21.7 Å². The molecule has 0 saturated heterocycles. The van der Waals surface area contributed by atoms with Crippen molar-refractivity contribution in [3.05, 3.63) is 24.3 Å². The molecular formula is C13H19NO5S. The zero-order valence-electron chi connectivity index (χ0n) is 11.6. The first-order chi connectivity index (χ1) is 9.40. The van der Waals surface area contributed by atoms with Crippen LogP contribution in [-0.2, 0) is 14.8 Å². The fourth-order valence-corrected chi connectivity index (χ4v) is 2.62. The summed E-state index contributed by atoms with van der Waals surface area (Å²) >= 11 is 0. The van der Waals surface area contributed by atoms with Crippen LogP contribution in [0.5, 0.6) is 5.75 Å². The van der Waals surface area contributed by atoms with Crippen LogP contribution in [0.4, 0.5) is 5.69 Å². The van der Waals surface area contributed by atoms with Crippen molar-refractivity contribution < 1.29 is 23.1 Å². The molecule has 0 unspecified atom stereocenters. The van der Waals surface area contributed by atoms with Gasteiger partial charge in [0.15, 0.2) is 0 Å². The second kappa shape index (κ2) is 7.14. The van der Waals surface area contributed by atoms with Crippen LogP contribution in [0.3, 0.4) is 0 Å². The summed E-state index contributed by atoms with van der Waals surface area (Å²) in [5.41, 5.74) is 0.318. The first kappa shape index (κ1) is 16.3. The van der Waals surface area contributed by atoms with Gasteiger partial charge in [0.05, 0.1) is 18.0 Å². The van der Waals surface area contributed by atoms with Gasteiger partial charge in [-0.1, -0.05) is 6.92 Å². The van der Waals surface area contributed by atoms with Gasteiger partial charge in [-0.25, -0.2) is 8.42 Å². The summed E-state index contributed by atoms with van der Waals surface area (Å²) in [6, 6.07) is 6.35. The Morgan fingerprint density at radius 1 is 1.25 bits per heavy atom. The summed E-state index contributed by atoms with van der Waals surface area (Å²) in [6.45, 7) is 3.44. The summed E-state index contributed by atoms with van der Waals surface area (Å²) in [5.74, 6) is -0.734. The number of anilines is 1. The number of hydrogen-bond acceptors (Lipinski definition) is 4. The molecule has 1 aromatic carbocycles. The molecule has 0 aliphatic rings. The molecule has 0 bridgehead atoms. The van der Waals surface area contributed by atoms with Crippen LogP contribution >= 0.6 is 0 Å². The van der Waals surface area contributed by atoms with Gasteiger partial charge in [-0.3, -0.25) is 9.10 Å². The van der Waals surface area contributed by atoms with Crippen molar-refractivity contribution in [2.45, 2.75) is 20.3 Å². The van der Waals surface area contributed by atoms with Gasteiger partial charge in [0, 0.05) is 0 Å². The lowest BCUT2D eigenvalue weighted by molar-refractivity contribution is -0.135. The summed E-state index contributed by atoms with van der Waals surface area (Å²) < 4.78 is 30.1. The Balaban J connectivity index is 3.00. The minimum Gasteiger partial charge on any atom is -0.494 e. The van der Waals surface area contributed by atoms with Gasteiger partial charge in [0.1, 0.15) is 12.3 Å². The molecule has 7 heteroatoms. The third-order valence-electron chi connectivity index (χ3n) is 2.58. The monoisotopic (exact) mass is 301 g/mol. The van der Waals surface area contributed by atoms with Gasteiger partial charge >= 0.3 is 5.97 Å². The maximum Gasteiger partial charge on any atom is 0.324 e. The first-order valence-corrected chi connectivity index (χ1v) is 7.96. The fourth-order valence-electron chi connectivity index (χ4n) is 1.56. The van der Waals surface area contributed by atoms with E-state index in [1.165, 1.54) is 6.92 Å². The molecule has 0 atom stereocenters. The van der Waals surface area contributed by atoms with Gasteiger partial charge in [0.25, 0.3) is 0 Å². The predicted octanol–water partition coefficient (Wildman–Crippen LogP) is 1.72. The minimum absolute atomic E-state index is 0.158. The quantitative estimate of drug-likeness (QED) is 0.790. The Bertz CT molecular complexity index is 538. The summed E-state index contributed by atoms with van der Waals surface area (Å²) in [5, 5.41) is 8.84. The highest BCUT2D eigenvalue weighted by atomic mass is 32.2. The van der Waals surface area contributed by atoms with E-state index in [1.54, 1.807) is 24.3 Å². The molecule has 20 heavy (non-hydrogen) atoms. The average Bonchev–Trinajstić information content (AvgIpc) is 2.43. The molecule has 0 heterocycles. The lowest BCUT2D eigenvalue weighted by Crippen LogP contribution is -2.36. The Kier molecular flexibility index (Phi) is 5.82. The van der Waals surface area contributed by atoms with Gasteiger partial charge < -0.3 is 9.84 Å². The number of carboxylic acids is 1. The highest BCUT2D eigenvalue weighted by Crippen LogP contribution is 2.22. The van der Waals surface area contributed by atoms with E-state index in [9.17, 15) is 13.2 Å². The van der Waals surface area contributed by atoms with E-state index in [0.717, 1.165) is 10.7 Å². The summed E-state index contributed by atoms with van der Waals surface area (Å²) in [7, 11) is -3.63. The highest BCUT2D eigenvalue weighted by molar-refractivity contribution is 7.92. The third-order valence-corrected chi connectivity index (χ3v) is 4.32. The van der Waals surface area contributed by atoms with Crippen LogP contribution in [0, 0.1) is 0 Å². The van der Waals surface area contributed by atoms with Crippen molar-refractivity contribution in [2.75, 3.05) is 23.2 Å². The fraction of sp³-hybridized carbons (Fsp3) is 0.462. The number of nitrogens with zero attached hydrogens (tertiary/aromatic N) is 1. The van der Waals surface area contributed by atoms with E-state index >= 15 is 0 Å². The van der Waals surface area contributed by atoms with Crippen LogP contribution in [0.25, 0.3) is 0 Å². The van der Waals surface area contributed by atoms with E-state index in [2.05, 4.69) is 0 Å². The summed E-state index contributed by atoms with van der Waals surface area (Å²) in [6.07, 6.45) is 0.872.